The Bertz CT molecular complexity index is 1180. The van der Waals surface area contributed by atoms with Crippen LogP contribution in [0.15, 0.2) is 41.3 Å². The van der Waals surface area contributed by atoms with E-state index in [2.05, 4.69) is 9.71 Å². The van der Waals surface area contributed by atoms with Crippen LogP contribution in [-0.2, 0) is 22.3 Å². The zero-order valence-corrected chi connectivity index (χ0v) is 16.2. The second kappa shape index (κ2) is 7.67. The molecule has 0 radical (unpaired) electrons. The first-order chi connectivity index (χ1) is 13.2. The molecule has 0 aliphatic rings. The van der Waals surface area contributed by atoms with Crippen LogP contribution < -0.4 is 10.4 Å². The third-order valence-electron chi connectivity index (χ3n) is 4.28. The van der Waals surface area contributed by atoms with E-state index >= 15 is 0 Å². The molecule has 1 aromatic heterocycles. The van der Waals surface area contributed by atoms with Crippen LogP contribution in [0.25, 0.3) is 10.9 Å². The van der Waals surface area contributed by atoms with Crippen LogP contribution in [0, 0.1) is 18.6 Å². The van der Waals surface area contributed by atoms with Crippen LogP contribution in [0.3, 0.4) is 0 Å². The van der Waals surface area contributed by atoms with Crippen molar-refractivity contribution in [1.29, 1.82) is 0 Å². The smallest absolute Gasteiger partial charge is 0.292 e. The highest BCUT2D eigenvalue weighted by atomic mass is 32.2. The molecule has 0 fully saturated rings. The minimum atomic E-state index is -3.90. The molecule has 0 spiro atoms. The van der Waals surface area contributed by atoms with Gasteiger partial charge < -0.3 is 0 Å². The van der Waals surface area contributed by atoms with Crippen molar-refractivity contribution in [3.63, 3.8) is 0 Å². The number of sulfonamides is 1. The zero-order valence-electron chi connectivity index (χ0n) is 15.4. The molecule has 0 atom stereocenters. The van der Waals surface area contributed by atoms with Crippen LogP contribution in [0.4, 0.5) is 14.5 Å². The van der Waals surface area contributed by atoms with E-state index in [9.17, 15) is 22.0 Å². The van der Waals surface area contributed by atoms with Crippen molar-refractivity contribution in [2.24, 2.45) is 0 Å². The van der Waals surface area contributed by atoms with Gasteiger partial charge in [0.15, 0.2) is 0 Å². The minimum absolute atomic E-state index is 0.00680. The zero-order chi connectivity index (χ0) is 20.5. The topological polar surface area (TPSA) is 81.1 Å². The van der Waals surface area contributed by atoms with Crippen molar-refractivity contribution >= 4 is 26.6 Å². The van der Waals surface area contributed by atoms with Crippen LogP contribution in [0.2, 0.25) is 0 Å². The van der Waals surface area contributed by atoms with E-state index in [1.54, 1.807) is 12.1 Å². The van der Waals surface area contributed by atoms with E-state index in [4.69, 9.17) is 0 Å². The van der Waals surface area contributed by atoms with Crippen molar-refractivity contribution in [2.75, 3.05) is 4.72 Å². The lowest BCUT2D eigenvalue weighted by Gasteiger charge is -2.12. The Morgan fingerprint density at radius 2 is 1.82 bits per heavy atom. The number of aromatic nitrogens is 2. The van der Waals surface area contributed by atoms with Gasteiger partial charge in [0.1, 0.15) is 11.6 Å². The molecule has 3 rings (SSSR count). The maximum absolute atomic E-state index is 13.7. The highest BCUT2D eigenvalue weighted by Crippen LogP contribution is 2.21. The third-order valence-corrected chi connectivity index (χ3v) is 5.54. The molecule has 9 heteroatoms. The Balaban J connectivity index is 1.89. The normalized spacial score (nSPS) is 11.7. The molecule has 1 heterocycles. The molecular formula is C19H19F2N3O3S. The Morgan fingerprint density at radius 3 is 2.46 bits per heavy atom. The van der Waals surface area contributed by atoms with E-state index < -0.39 is 27.4 Å². The summed E-state index contributed by atoms with van der Waals surface area (Å²) in [6, 6.07) is 6.73. The number of rotatable bonds is 6. The fraction of sp³-hybridized carbons (Fsp3) is 0.263. The van der Waals surface area contributed by atoms with Gasteiger partial charge in [0.2, 0.25) is 10.0 Å². The SMILES string of the molecule is CCCn1c(=O)ncc2cc(NS(=O)(=O)Cc3cc(F)c(C)c(F)c3)ccc21. The second-order valence-electron chi connectivity index (χ2n) is 6.51. The number of hydrogen-bond acceptors (Lipinski definition) is 4. The molecular weight excluding hydrogens is 388 g/mol. The molecule has 0 aliphatic heterocycles. The van der Waals surface area contributed by atoms with E-state index in [1.165, 1.54) is 23.8 Å². The minimum Gasteiger partial charge on any atom is -0.292 e. The van der Waals surface area contributed by atoms with Gasteiger partial charge in [-0.2, -0.15) is 0 Å². The second-order valence-corrected chi connectivity index (χ2v) is 8.23. The maximum Gasteiger partial charge on any atom is 0.348 e. The number of benzene rings is 2. The summed E-state index contributed by atoms with van der Waals surface area (Å²) in [5.74, 6) is -2.17. The number of nitrogens with zero attached hydrogens (tertiary/aromatic N) is 2. The van der Waals surface area contributed by atoms with E-state index in [-0.39, 0.29) is 22.5 Å². The quantitative estimate of drug-likeness (QED) is 0.680. The van der Waals surface area contributed by atoms with Gasteiger partial charge in [-0.1, -0.05) is 6.92 Å². The molecule has 0 saturated heterocycles. The van der Waals surface area contributed by atoms with E-state index in [1.807, 2.05) is 6.92 Å². The maximum atomic E-state index is 13.7. The summed E-state index contributed by atoms with van der Waals surface area (Å²) < 4.78 is 56.0. The fourth-order valence-corrected chi connectivity index (χ4v) is 4.08. The Labute approximate surface area is 160 Å². The van der Waals surface area contributed by atoms with Gasteiger partial charge in [0.25, 0.3) is 0 Å². The van der Waals surface area contributed by atoms with Crippen molar-refractivity contribution < 1.29 is 17.2 Å². The van der Waals surface area contributed by atoms with Crippen molar-refractivity contribution in [3.8, 4) is 0 Å². The summed E-state index contributed by atoms with van der Waals surface area (Å²) in [5, 5.41) is 0.598. The predicted octanol–water partition coefficient (Wildman–Crippen LogP) is 3.34. The van der Waals surface area contributed by atoms with Crippen molar-refractivity contribution in [1.82, 2.24) is 9.55 Å². The van der Waals surface area contributed by atoms with E-state index in [0.717, 1.165) is 18.6 Å². The summed E-state index contributed by atoms with van der Waals surface area (Å²) in [4.78, 5) is 15.7. The molecule has 148 valence electrons. The number of halogens is 2. The van der Waals surface area contributed by atoms with Crippen molar-refractivity contribution in [2.45, 2.75) is 32.6 Å². The molecule has 0 aliphatic carbocycles. The average Bonchev–Trinajstić information content (AvgIpc) is 2.61. The molecule has 6 nitrogen and oxygen atoms in total. The Morgan fingerprint density at radius 1 is 1.14 bits per heavy atom. The largest absolute Gasteiger partial charge is 0.348 e. The fourth-order valence-electron chi connectivity index (χ4n) is 2.92. The van der Waals surface area contributed by atoms with Gasteiger partial charge >= 0.3 is 5.69 Å². The van der Waals surface area contributed by atoms with Crippen molar-refractivity contribution in [3.05, 3.63) is 69.8 Å². The summed E-state index contributed by atoms with van der Waals surface area (Å²) in [5.41, 5.74) is 0.393. The third kappa shape index (κ3) is 4.19. The first-order valence-corrected chi connectivity index (χ1v) is 10.3. The highest BCUT2D eigenvalue weighted by molar-refractivity contribution is 7.91. The van der Waals surface area contributed by atoms with Crippen LogP contribution in [0.1, 0.15) is 24.5 Å². The molecule has 28 heavy (non-hydrogen) atoms. The highest BCUT2D eigenvalue weighted by Gasteiger charge is 2.16. The lowest BCUT2D eigenvalue weighted by atomic mass is 10.1. The molecule has 1 N–H and O–H groups in total. The number of fused-ring (bicyclic) bond motifs is 1. The number of hydrogen-bond donors (Lipinski definition) is 1. The van der Waals surface area contributed by atoms with E-state index in [0.29, 0.717) is 17.4 Å². The first-order valence-electron chi connectivity index (χ1n) is 8.65. The first kappa shape index (κ1) is 19.9. The van der Waals surface area contributed by atoms with Gasteiger partial charge in [0, 0.05) is 29.4 Å². The summed E-state index contributed by atoms with van der Waals surface area (Å²) in [6.45, 7) is 3.71. The number of nitrogens with one attached hydrogen (secondary N) is 1. The molecule has 0 bridgehead atoms. The number of anilines is 1. The molecule has 0 unspecified atom stereocenters. The van der Waals surface area contributed by atoms with Crippen LogP contribution >= 0.6 is 0 Å². The van der Waals surface area contributed by atoms with Gasteiger partial charge in [-0.3, -0.25) is 9.29 Å². The summed E-state index contributed by atoms with van der Waals surface area (Å²) in [6.07, 6.45) is 2.13. The van der Waals surface area contributed by atoms with Gasteiger partial charge in [0.05, 0.1) is 11.3 Å². The molecule has 2 aromatic carbocycles. The lowest BCUT2D eigenvalue weighted by Crippen LogP contribution is -2.22. The molecule has 0 saturated carbocycles. The van der Waals surface area contributed by atoms with Crippen LogP contribution in [-0.4, -0.2) is 18.0 Å². The Hall–Kier alpha value is -2.81. The Kier molecular flexibility index (Phi) is 5.46. The molecule has 0 amide bonds. The van der Waals surface area contributed by atoms with Gasteiger partial charge in [-0.25, -0.2) is 27.0 Å². The lowest BCUT2D eigenvalue weighted by molar-refractivity contribution is 0.565. The molecule has 3 aromatic rings. The predicted molar refractivity (Wildman–Crippen MR) is 104 cm³/mol. The summed E-state index contributed by atoms with van der Waals surface area (Å²) >= 11 is 0. The average molecular weight is 407 g/mol. The summed E-state index contributed by atoms with van der Waals surface area (Å²) in [7, 11) is -3.90. The van der Waals surface area contributed by atoms with Gasteiger partial charge in [-0.15, -0.1) is 0 Å². The monoisotopic (exact) mass is 407 g/mol. The van der Waals surface area contributed by atoms with Crippen LogP contribution in [0.5, 0.6) is 0 Å². The van der Waals surface area contributed by atoms with Gasteiger partial charge in [-0.05, 0) is 49.2 Å². The standard InChI is InChI=1S/C19H19F2N3O3S/c1-3-6-24-18-5-4-15(9-14(18)10-22-19(24)25)23-28(26,27)11-13-7-16(20)12(2)17(21)8-13/h4-5,7-10,23H,3,6,11H2,1-2H3. The number of aryl methyl sites for hydroxylation is 1.